The van der Waals surface area contributed by atoms with Crippen LogP contribution in [0.15, 0.2) is 219 Å². The van der Waals surface area contributed by atoms with Gasteiger partial charge in [0.05, 0.1) is 27.7 Å². The third-order valence-corrected chi connectivity index (χ3v) is 14.0. The Morgan fingerprint density at radius 1 is 0.352 bits per heavy atom. The van der Waals surface area contributed by atoms with Gasteiger partial charge in [-0.3, -0.25) is 14.2 Å². The van der Waals surface area contributed by atoms with E-state index < -0.39 is 32.5 Å². The molecule has 0 rings (SSSR count). The summed E-state index contributed by atoms with van der Waals surface area (Å²) < 4.78 is 34.2. The first-order valence-corrected chi connectivity index (χ1v) is 34.9. The molecule has 2 unspecified atom stereocenters. The van der Waals surface area contributed by atoms with Gasteiger partial charge in [-0.2, -0.15) is 0 Å². The normalized spacial score (nSPS) is 14.6. The predicted octanol–water partition coefficient (Wildman–Crippen LogP) is 21.4. The lowest BCUT2D eigenvalue weighted by atomic mass is 10.1. The van der Waals surface area contributed by atoms with Crippen LogP contribution in [0.25, 0.3) is 0 Å². The van der Waals surface area contributed by atoms with E-state index in [1.54, 1.807) is 0 Å². The molecule has 0 radical (unpaired) electrons. The van der Waals surface area contributed by atoms with E-state index in [0.717, 1.165) is 167 Å². The van der Waals surface area contributed by atoms with Gasteiger partial charge >= 0.3 is 11.9 Å². The molecule has 0 bridgehead atoms. The van der Waals surface area contributed by atoms with E-state index in [9.17, 15) is 19.0 Å². The van der Waals surface area contributed by atoms with E-state index >= 15 is 0 Å². The van der Waals surface area contributed by atoms with Gasteiger partial charge in [-0.15, -0.1) is 0 Å². The Morgan fingerprint density at radius 2 is 0.614 bits per heavy atom. The molecule has 0 aromatic carbocycles. The lowest BCUT2D eigenvalue weighted by molar-refractivity contribution is -0.870. The molecule has 0 aromatic rings. The van der Waals surface area contributed by atoms with Crippen LogP contribution in [0.2, 0.25) is 0 Å². The molecule has 0 aromatic heterocycles. The first kappa shape index (κ1) is 82.3. The standard InChI is InChI=1S/C78H120NO8P/c1-6-8-10-12-14-16-18-20-22-24-26-28-30-31-32-33-34-35-36-37-38-39-40-41-42-43-44-45-46-47-49-51-53-55-57-59-61-63-65-67-69-71-78(81)87-76(75-86-88(82,83)85-73-72-79(3,4)5)74-84-77(80)70-68-66-64-62-60-58-56-54-52-50-48-29-27-25-23-21-19-17-15-13-11-9-7-2/h8-11,14-17,20-23,26-29,31-32,34-35,37-38,40-41,43-44,46-47,50-53,56-59,76H,6-7,12-13,18-19,24-25,30,33,36,39,42,45,48-49,54-55,60-75H2,1-5H3/b10-8-,11-9-,16-14-,17-15-,22-20-,23-21-,28-26-,29-27-,32-31-,35-34-,38-37-,41-40-,44-43-,47-46-,52-50-,53-51-,58-56-,59-57-. The van der Waals surface area contributed by atoms with Crippen molar-refractivity contribution in [2.24, 2.45) is 0 Å². The fraction of sp³-hybridized carbons (Fsp3) is 0.513. The van der Waals surface area contributed by atoms with E-state index in [4.69, 9.17) is 18.5 Å². The average molecular weight is 1230 g/mol. The summed E-state index contributed by atoms with van der Waals surface area (Å²) in [4.78, 5) is 38.0. The molecule has 0 aliphatic rings. The number of esters is 2. The molecule has 0 aliphatic carbocycles. The van der Waals surface area contributed by atoms with Gasteiger partial charge in [-0.25, -0.2) is 0 Å². The van der Waals surface area contributed by atoms with Gasteiger partial charge in [-0.1, -0.05) is 258 Å². The summed E-state index contributed by atoms with van der Waals surface area (Å²) in [6.07, 6.45) is 106. The van der Waals surface area contributed by atoms with E-state index in [1.165, 1.54) is 0 Å². The summed E-state index contributed by atoms with van der Waals surface area (Å²) in [5, 5.41) is 0. The third-order valence-electron chi connectivity index (χ3n) is 13.0. The molecule has 2 atom stereocenters. The maximum Gasteiger partial charge on any atom is 0.306 e. The number of unbranched alkanes of at least 4 members (excludes halogenated alkanes) is 8. The second-order valence-corrected chi connectivity index (χ2v) is 23.8. The number of carbonyl (C=O) groups excluding carboxylic acids is 2. The van der Waals surface area contributed by atoms with Gasteiger partial charge in [0.15, 0.2) is 6.10 Å². The minimum atomic E-state index is -4.67. The number of phosphoric acid groups is 1. The maximum absolute atomic E-state index is 12.8. The van der Waals surface area contributed by atoms with Crippen LogP contribution < -0.4 is 4.89 Å². The van der Waals surface area contributed by atoms with E-state index in [-0.39, 0.29) is 26.1 Å². The molecule has 0 spiro atoms. The Balaban J connectivity index is 4.26. The summed E-state index contributed by atoms with van der Waals surface area (Å²) in [6, 6.07) is 0. The first-order chi connectivity index (χ1) is 43.0. The minimum absolute atomic E-state index is 0.0539. The van der Waals surface area contributed by atoms with E-state index in [2.05, 4.69) is 233 Å². The number of allylic oxidation sites excluding steroid dienone is 36. The number of nitrogens with zero attached hydrogens (tertiary/aromatic N) is 1. The number of rotatable bonds is 58. The Hall–Kier alpha value is -5.67. The Bertz CT molecular complexity index is 2280. The molecule has 0 amide bonds. The first-order valence-electron chi connectivity index (χ1n) is 33.4. The molecule has 88 heavy (non-hydrogen) atoms. The number of ether oxygens (including phenoxy) is 2. The fourth-order valence-electron chi connectivity index (χ4n) is 7.93. The second kappa shape index (κ2) is 65.8. The maximum atomic E-state index is 12.8. The van der Waals surface area contributed by atoms with Crippen molar-refractivity contribution >= 4 is 19.8 Å². The number of hydrogen-bond acceptors (Lipinski definition) is 8. The van der Waals surface area contributed by atoms with E-state index in [1.807, 2.05) is 21.1 Å². The monoisotopic (exact) mass is 1230 g/mol. The van der Waals surface area contributed by atoms with E-state index in [0.29, 0.717) is 23.9 Å². The molecule has 0 saturated carbocycles. The molecule has 0 saturated heterocycles. The molecule has 0 fully saturated rings. The van der Waals surface area contributed by atoms with Crippen molar-refractivity contribution in [1.82, 2.24) is 0 Å². The van der Waals surface area contributed by atoms with Crippen molar-refractivity contribution in [2.75, 3.05) is 47.5 Å². The summed E-state index contributed by atoms with van der Waals surface area (Å²) in [6.45, 7) is 3.91. The number of hydrogen-bond donors (Lipinski definition) is 0. The zero-order chi connectivity index (χ0) is 64.1. The molecule has 490 valence electrons. The quantitative estimate of drug-likeness (QED) is 0.0195. The van der Waals surface area contributed by atoms with Crippen LogP contribution in [0.1, 0.15) is 206 Å². The van der Waals surface area contributed by atoms with Crippen LogP contribution in [0.5, 0.6) is 0 Å². The van der Waals surface area contributed by atoms with Crippen molar-refractivity contribution < 1.29 is 42.1 Å². The fourth-order valence-corrected chi connectivity index (χ4v) is 8.66. The van der Waals surface area contributed by atoms with Gasteiger partial charge in [0.2, 0.25) is 0 Å². The van der Waals surface area contributed by atoms with Gasteiger partial charge in [-0.05, 0) is 154 Å². The van der Waals surface area contributed by atoms with Crippen molar-refractivity contribution in [3.63, 3.8) is 0 Å². The number of quaternary nitrogens is 1. The highest BCUT2D eigenvalue weighted by Crippen LogP contribution is 2.38. The highest BCUT2D eigenvalue weighted by molar-refractivity contribution is 7.45. The highest BCUT2D eigenvalue weighted by Gasteiger charge is 2.22. The van der Waals surface area contributed by atoms with Gasteiger partial charge in [0.1, 0.15) is 19.8 Å². The second-order valence-electron chi connectivity index (χ2n) is 22.4. The van der Waals surface area contributed by atoms with Crippen molar-refractivity contribution in [3.05, 3.63) is 219 Å². The Morgan fingerprint density at radius 3 is 0.898 bits per heavy atom. The molecule has 0 aliphatic heterocycles. The molecule has 0 heterocycles. The van der Waals surface area contributed by atoms with Crippen LogP contribution in [0, 0.1) is 0 Å². The molecular formula is C78H120NO8P. The number of likely N-dealkylation sites (N-methyl/N-ethyl adjacent to an activating group) is 1. The number of phosphoric ester groups is 1. The molecule has 9 nitrogen and oxygen atoms in total. The average Bonchev–Trinajstić information content (AvgIpc) is 3.58. The van der Waals surface area contributed by atoms with Crippen LogP contribution in [-0.4, -0.2) is 70.0 Å². The van der Waals surface area contributed by atoms with Crippen molar-refractivity contribution in [2.45, 2.75) is 213 Å². The van der Waals surface area contributed by atoms with Crippen LogP contribution in [0.3, 0.4) is 0 Å². The Labute approximate surface area is 538 Å². The van der Waals surface area contributed by atoms with Gasteiger partial charge < -0.3 is 27.9 Å². The third kappa shape index (κ3) is 69.4. The smallest absolute Gasteiger partial charge is 0.306 e. The van der Waals surface area contributed by atoms with Crippen LogP contribution in [-0.2, 0) is 32.7 Å². The number of carbonyl (C=O) groups is 2. The SMILES string of the molecule is CC/C=C\C/C=C\C/C=C\C/C=C\C/C=C\C/C=C\C/C=C\C/C=C\C/C=C\C/C=C\C/C=C\C/C=C\CCCCCCC(=O)OC(COC(=O)CCCCCC/C=C\C/C=C\C/C=C\C/C=C\C/C=C\C/C=C\CC)COP(=O)([O-])OCC[N+](C)(C)C. The van der Waals surface area contributed by atoms with Crippen LogP contribution in [0.4, 0.5) is 0 Å². The molecular weight excluding hydrogens is 1110 g/mol. The molecule has 0 N–H and O–H groups in total. The predicted molar refractivity (Wildman–Crippen MR) is 378 cm³/mol. The summed E-state index contributed by atoms with van der Waals surface area (Å²) in [5.74, 6) is -0.912. The van der Waals surface area contributed by atoms with Crippen molar-refractivity contribution in [3.8, 4) is 0 Å². The zero-order valence-electron chi connectivity index (χ0n) is 55.6. The lowest BCUT2D eigenvalue weighted by Crippen LogP contribution is -2.37. The Kier molecular flexibility index (Phi) is 61.5. The summed E-state index contributed by atoms with van der Waals surface area (Å²) in [5.41, 5.74) is 0. The summed E-state index contributed by atoms with van der Waals surface area (Å²) >= 11 is 0. The zero-order valence-corrected chi connectivity index (χ0v) is 56.5. The molecule has 10 heteroatoms. The highest BCUT2D eigenvalue weighted by atomic mass is 31.2. The minimum Gasteiger partial charge on any atom is -0.756 e. The van der Waals surface area contributed by atoms with Crippen LogP contribution >= 0.6 is 7.82 Å². The van der Waals surface area contributed by atoms with Gasteiger partial charge in [0.25, 0.3) is 7.82 Å². The lowest BCUT2D eigenvalue weighted by Gasteiger charge is -2.28. The topological polar surface area (TPSA) is 111 Å². The van der Waals surface area contributed by atoms with Gasteiger partial charge in [0, 0.05) is 12.8 Å². The summed E-state index contributed by atoms with van der Waals surface area (Å²) in [7, 11) is 1.10. The largest absolute Gasteiger partial charge is 0.756 e. The van der Waals surface area contributed by atoms with Crippen molar-refractivity contribution in [1.29, 1.82) is 0 Å².